The molecule has 0 spiro atoms. The van der Waals surface area contributed by atoms with Crippen LogP contribution in [0.25, 0.3) is 0 Å². The third kappa shape index (κ3) is 6.20. The maximum atomic E-state index is 5.86. The molecule has 0 saturated carbocycles. The van der Waals surface area contributed by atoms with Crippen LogP contribution in [0.4, 0.5) is 0 Å². The fourth-order valence-electron chi connectivity index (χ4n) is 2.16. The maximum absolute atomic E-state index is 5.86. The number of hydrogen-bond acceptors (Lipinski definition) is 3. The van der Waals surface area contributed by atoms with Gasteiger partial charge in [0.15, 0.2) is 0 Å². The van der Waals surface area contributed by atoms with E-state index in [1.807, 2.05) is 7.05 Å². The van der Waals surface area contributed by atoms with Gasteiger partial charge < -0.3 is 15.4 Å². The summed E-state index contributed by atoms with van der Waals surface area (Å²) in [5.41, 5.74) is 0. The molecule has 100 valence electrons. The molecule has 1 aliphatic rings. The maximum Gasteiger partial charge on any atom is 0.0709 e. The van der Waals surface area contributed by atoms with E-state index >= 15 is 0 Å². The standard InChI is InChI=1S/C14H28N2O/c1-11(2)17-14-8-13(9-16-10-14)7-5-6-12(3)15-4/h5,7,11-16H,6,8-10H2,1-4H3/b7-5+/t12-,13?,14?/m0/s1. The van der Waals surface area contributed by atoms with Gasteiger partial charge in [-0.3, -0.25) is 0 Å². The topological polar surface area (TPSA) is 33.3 Å². The average Bonchev–Trinajstić information content (AvgIpc) is 2.28. The molecule has 0 bridgehead atoms. The Balaban J connectivity index is 2.29. The second kappa shape index (κ2) is 7.85. The Bertz CT molecular complexity index is 228. The highest BCUT2D eigenvalue weighted by Crippen LogP contribution is 2.16. The van der Waals surface area contributed by atoms with E-state index < -0.39 is 0 Å². The van der Waals surface area contributed by atoms with Crippen LogP contribution in [0.5, 0.6) is 0 Å². The van der Waals surface area contributed by atoms with Gasteiger partial charge in [-0.15, -0.1) is 0 Å². The first kappa shape index (κ1) is 14.7. The molecule has 0 radical (unpaired) electrons. The Morgan fingerprint density at radius 3 is 2.76 bits per heavy atom. The highest BCUT2D eigenvalue weighted by Gasteiger charge is 2.20. The van der Waals surface area contributed by atoms with Crippen LogP contribution in [-0.2, 0) is 4.74 Å². The van der Waals surface area contributed by atoms with Crippen LogP contribution in [0.2, 0.25) is 0 Å². The minimum atomic E-state index is 0.328. The van der Waals surface area contributed by atoms with Crippen molar-refractivity contribution >= 4 is 0 Å². The van der Waals surface area contributed by atoms with Crippen LogP contribution in [0.1, 0.15) is 33.6 Å². The van der Waals surface area contributed by atoms with Crippen molar-refractivity contribution in [1.82, 2.24) is 10.6 Å². The molecule has 3 heteroatoms. The van der Waals surface area contributed by atoms with Crippen molar-refractivity contribution in [2.45, 2.75) is 51.9 Å². The van der Waals surface area contributed by atoms with E-state index in [-0.39, 0.29) is 0 Å². The van der Waals surface area contributed by atoms with Crippen LogP contribution >= 0.6 is 0 Å². The van der Waals surface area contributed by atoms with Crippen molar-refractivity contribution in [3.8, 4) is 0 Å². The second-order valence-corrected chi connectivity index (χ2v) is 5.31. The fourth-order valence-corrected chi connectivity index (χ4v) is 2.16. The fraction of sp³-hybridized carbons (Fsp3) is 0.857. The number of nitrogens with one attached hydrogen (secondary N) is 2. The Hall–Kier alpha value is -0.380. The Labute approximate surface area is 106 Å². The summed E-state index contributed by atoms with van der Waals surface area (Å²) >= 11 is 0. The largest absolute Gasteiger partial charge is 0.374 e. The zero-order chi connectivity index (χ0) is 12.7. The molecule has 2 N–H and O–H groups in total. The van der Waals surface area contributed by atoms with E-state index in [0.717, 1.165) is 25.9 Å². The van der Waals surface area contributed by atoms with E-state index in [4.69, 9.17) is 4.74 Å². The van der Waals surface area contributed by atoms with Gasteiger partial charge in [0.1, 0.15) is 0 Å². The summed E-state index contributed by atoms with van der Waals surface area (Å²) in [6.07, 6.45) is 7.59. The molecule has 1 saturated heterocycles. The molecular formula is C14H28N2O. The van der Waals surface area contributed by atoms with Gasteiger partial charge in [-0.1, -0.05) is 12.2 Å². The number of piperidine rings is 1. The number of hydrogen-bond donors (Lipinski definition) is 2. The van der Waals surface area contributed by atoms with Gasteiger partial charge in [-0.05, 0) is 46.6 Å². The van der Waals surface area contributed by atoms with E-state index in [9.17, 15) is 0 Å². The lowest BCUT2D eigenvalue weighted by atomic mass is 9.96. The second-order valence-electron chi connectivity index (χ2n) is 5.31. The van der Waals surface area contributed by atoms with E-state index in [1.165, 1.54) is 0 Å². The molecule has 2 unspecified atom stereocenters. The molecule has 3 nitrogen and oxygen atoms in total. The van der Waals surface area contributed by atoms with Crippen molar-refractivity contribution in [2.24, 2.45) is 5.92 Å². The summed E-state index contributed by atoms with van der Waals surface area (Å²) in [5.74, 6) is 0.622. The molecule has 1 rings (SSSR count). The predicted molar refractivity (Wildman–Crippen MR) is 73.3 cm³/mol. The highest BCUT2D eigenvalue weighted by atomic mass is 16.5. The first-order valence-corrected chi connectivity index (χ1v) is 6.82. The van der Waals surface area contributed by atoms with Gasteiger partial charge in [0.2, 0.25) is 0 Å². The van der Waals surface area contributed by atoms with Crippen LogP contribution in [0.15, 0.2) is 12.2 Å². The number of ether oxygens (including phenoxy) is 1. The lowest BCUT2D eigenvalue weighted by Crippen LogP contribution is -2.41. The quantitative estimate of drug-likeness (QED) is 0.696. The van der Waals surface area contributed by atoms with Crippen LogP contribution in [-0.4, -0.2) is 38.4 Å². The summed E-state index contributed by atoms with van der Waals surface area (Å²) in [7, 11) is 2.01. The van der Waals surface area contributed by atoms with E-state index in [2.05, 4.69) is 43.6 Å². The molecule has 3 atom stereocenters. The Kier molecular flexibility index (Phi) is 6.78. The zero-order valence-electron chi connectivity index (χ0n) is 11.7. The van der Waals surface area contributed by atoms with Crippen LogP contribution < -0.4 is 10.6 Å². The molecule has 0 aromatic heterocycles. The van der Waals surface area contributed by atoms with Crippen LogP contribution in [0, 0.1) is 5.92 Å². The smallest absolute Gasteiger partial charge is 0.0709 e. The molecule has 1 aliphatic heterocycles. The summed E-state index contributed by atoms with van der Waals surface area (Å²) in [6, 6.07) is 0.561. The van der Waals surface area contributed by atoms with E-state index in [0.29, 0.717) is 24.2 Å². The summed E-state index contributed by atoms with van der Waals surface area (Å²) < 4.78 is 5.86. The van der Waals surface area contributed by atoms with Gasteiger partial charge in [0, 0.05) is 19.1 Å². The molecule has 1 fully saturated rings. The highest BCUT2D eigenvalue weighted by molar-refractivity contribution is 4.94. The van der Waals surface area contributed by atoms with Gasteiger partial charge in [0.05, 0.1) is 12.2 Å². The van der Waals surface area contributed by atoms with Crippen molar-refractivity contribution in [3.05, 3.63) is 12.2 Å². The van der Waals surface area contributed by atoms with Crippen molar-refractivity contribution in [1.29, 1.82) is 0 Å². The van der Waals surface area contributed by atoms with Crippen molar-refractivity contribution < 1.29 is 4.74 Å². The summed E-state index contributed by atoms with van der Waals surface area (Å²) in [6.45, 7) is 8.49. The summed E-state index contributed by atoms with van der Waals surface area (Å²) in [4.78, 5) is 0. The normalized spacial score (nSPS) is 27.8. The SMILES string of the molecule is CN[C@@H](C)C/C=C/C1CNCC(OC(C)C)C1. The molecule has 1 heterocycles. The number of rotatable bonds is 6. The van der Waals surface area contributed by atoms with Crippen LogP contribution in [0.3, 0.4) is 0 Å². The van der Waals surface area contributed by atoms with Crippen molar-refractivity contribution in [3.63, 3.8) is 0 Å². The van der Waals surface area contributed by atoms with Gasteiger partial charge in [-0.2, -0.15) is 0 Å². The van der Waals surface area contributed by atoms with Gasteiger partial charge >= 0.3 is 0 Å². The third-order valence-electron chi connectivity index (χ3n) is 3.20. The minimum Gasteiger partial charge on any atom is -0.374 e. The minimum absolute atomic E-state index is 0.328. The molecule has 17 heavy (non-hydrogen) atoms. The molecular weight excluding hydrogens is 212 g/mol. The Morgan fingerprint density at radius 1 is 1.35 bits per heavy atom. The molecule has 0 aromatic carbocycles. The molecule has 0 aromatic rings. The monoisotopic (exact) mass is 240 g/mol. The zero-order valence-corrected chi connectivity index (χ0v) is 11.7. The lowest BCUT2D eigenvalue weighted by molar-refractivity contribution is -0.0112. The van der Waals surface area contributed by atoms with Crippen molar-refractivity contribution in [2.75, 3.05) is 20.1 Å². The first-order valence-electron chi connectivity index (χ1n) is 6.82. The Morgan fingerprint density at radius 2 is 2.12 bits per heavy atom. The van der Waals surface area contributed by atoms with Gasteiger partial charge in [-0.25, -0.2) is 0 Å². The summed E-state index contributed by atoms with van der Waals surface area (Å²) in [5, 5.41) is 6.70. The first-order chi connectivity index (χ1) is 8.11. The molecule has 0 aliphatic carbocycles. The predicted octanol–water partition coefficient (Wildman–Crippen LogP) is 1.94. The lowest BCUT2D eigenvalue weighted by Gasteiger charge is -2.29. The average molecular weight is 240 g/mol. The third-order valence-corrected chi connectivity index (χ3v) is 3.20. The van der Waals surface area contributed by atoms with E-state index in [1.54, 1.807) is 0 Å². The van der Waals surface area contributed by atoms with Gasteiger partial charge in [0.25, 0.3) is 0 Å². The molecule has 0 amide bonds.